The van der Waals surface area contributed by atoms with Crippen LogP contribution in [0.1, 0.15) is 74.8 Å². The van der Waals surface area contributed by atoms with Crippen molar-refractivity contribution in [2.45, 2.75) is 63.7 Å². The topological polar surface area (TPSA) is 9.23 Å². The summed E-state index contributed by atoms with van der Waals surface area (Å²) >= 11 is 0. The van der Waals surface area contributed by atoms with Gasteiger partial charge in [0.1, 0.15) is 5.75 Å². The molecular weight excluding hydrogens is 220 g/mol. The van der Waals surface area contributed by atoms with Gasteiger partial charge in [-0.15, -0.1) is 0 Å². The minimum atomic E-state index is 0.720. The molecule has 1 heterocycles. The van der Waals surface area contributed by atoms with E-state index in [1.807, 2.05) is 0 Å². The van der Waals surface area contributed by atoms with Gasteiger partial charge >= 0.3 is 0 Å². The molecule has 0 amide bonds. The fourth-order valence-electron chi connectivity index (χ4n) is 3.60. The predicted molar refractivity (Wildman–Crippen MR) is 75.4 cm³/mol. The van der Waals surface area contributed by atoms with Crippen LogP contribution in [0.4, 0.5) is 0 Å². The summed E-state index contributed by atoms with van der Waals surface area (Å²) in [5.74, 6) is 2.67. The molecule has 1 aliphatic carbocycles. The fraction of sp³-hybridized carbons (Fsp3) is 0.647. The van der Waals surface area contributed by atoms with Gasteiger partial charge in [0.05, 0.1) is 6.61 Å². The lowest BCUT2D eigenvalue weighted by atomic mass is 9.81. The van der Waals surface area contributed by atoms with Crippen LogP contribution in [0.15, 0.2) is 18.2 Å². The molecule has 0 radical (unpaired) electrons. The van der Waals surface area contributed by atoms with E-state index in [4.69, 9.17) is 4.74 Å². The van der Waals surface area contributed by atoms with E-state index in [9.17, 15) is 0 Å². The first-order valence-electron chi connectivity index (χ1n) is 7.65. The van der Waals surface area contributed by atoms with Crippen LogP contribution in [0.3, 0.4) is 0 Å². The Bertz CT molecular complexity index is 404. The molecule has 1 fully saturated rings. The number of fused-ring (bicyclic) bond motifs is 1. The standard InChI is InChI=1S/C17H24O/c1-2-13-10-11-18-17-9-8-15(12-16(13)17)14-6-4-3-5-7-14/h8-9,12-14H,2-7,10-11H2,1H3. The molecule has 0 N–H and O–H groups in total. The van der Waals surface area contributed by atoms with Gasteiger partial charge in [-0.1, -0.05) is 38.3 Å². The molecule has 0 spiro atoms. The summed E-state index contributed by atoms with van der Waals surface area (Å²) in [5, 5.41) is 0. The number of ether oxygens (including phenoxy) is 1. The van der Waals surface area contributed by atoms with E-state index in [1.165, 1.54) is 50.5 Å². The van der Waals surface area contributed by atoms with E-state index in [1.54, 1.807) is 5.56 Å². The van der Waals surface area contributed by atoms with Crippen LogP contribution in [0.25, 0.3) is 0 Å². The molecule has 1 aliphatic heterocycles. The monoisotopic (exact) mass is 244 g/mol. The predicted octanol–water partition coefficient (Wildman–Crippen LogP) is 5.01. The summed E-state index contributed by atoms with van der Waals surface area (Å²) in [6, 6.07) is 6.99. The van der Waals surface area contributed by atoms with Crippen molar-refractivity contribution in [2.75, 3.05) is 6.61 Å². The number of hydrogen-bond donors (Lipinski definition) is 0. The quantitative estimate of drug-likeness (QED) is 0.710. The van der Waals surface area contributed by atoms with Crippen molar-refractivity contribution in [2.24, 2.45) is 0 Å². The number of benzene rings is 1. The SMILES string of the molecule is CCC1CCOc2ccc(C3CCCCC3)cc21. The Labute approximate surface area is 111 Å². The molecule has 18 heavy (non-hydrogen) atoms. The highest BCUT2D eigenvalue weighted by atomic mass is 16.5. The van der Waals surface area contributed by atoms with Crippen molar-refractivity contribution >= 4 is 0 Å². The molecular formula is C17H24O. The van der Waals surface area contributed by atoms with Crippen molar-refractivity contribution in [3.8, 4) is 5.75 Å². The van der Waals surface area contributed by atoms with Gasteiger partial charge in [-0.25, -0.2) is 0 Å². The minimum absolute atomic E-state index is 0.720. The van der Waals surface area contributed by atoms with Crippen molar-refractivity contribution in [3.63, 3.8) is 0 Å². The van der Waals surface area contributed by atoms with Crippen molar-refractivity contribution < 1.29 is 4.74 Å². The second-order valence-corrected chi connectivity index (χ2v) is 5.87. The largest absolute Gasteiger partial charge is 0.493 e. The lowest BCUT2D eigenvalue weighted by Gasteiger charge is -2.28. The first-order valence-corrected chi connectivity index (χ1v) is 7.65. The fourth-order valence-corrected chi connectivity index (χ4v) is 3.60. The average molecular weight is 244 g/mol. The average Bonchev–Trinajstić information content (AvgIpc) is 2.47. The third kappa shape index (κ3) is 2.28. The highest BCUT2D eigenvalue weighted by molar-refractivity contribution is 5.42. The van der Waals surface area contributed by atoms with Crippen LogP contribution in [0, 0.1) is 0 Å². The highest BCUT2D eigenvalue weighted by Gasteiger charge is 2.22. The van der Waals surface area contributed by atoms with Gasteiger partial charge in [-0.3, -0.25) is 0 Å². The van der Waals surface area contributed by atoms with E-state index in [0.29, 0.717) is 0 Å². The van der Waals surface area contributed by atoms with Crippen LogP contribution < -0.4 is 4.74 Å². The Hall–Kier alpha value is -0.980. The van der Waals surface area contributed by atoms with E-state index in [2.05, 4.69) is 25.1 Å². The second kappa shape index (κ2) is 5.34. The molecule has 1 saturated carbocycles. The maximum absolute atomic E-state index is 5.80. The Morgan fingerprint density at radius 1 is 1.11 bits per heavy atom. The van der Waals surface area contributed by atoms with Crippen LogP contribution in [0.5, 0.6) is 5.75 Å². The zero-order chi connectivity index (χ0) is 12.4. The summed E-state index contributed by atoms with van der Waals surface area (Å²) in [5.41, 5.74) is 3.05. The number of rotatable bonds is 2. The van der Waals surface area contributed by atoms with Gasteiger partial charge in [0.15, 0.2) is 0 Å². The zero-order valence-corrected chi connectivity index (χ0v) is 11.5. The smallest absolute Gasteiger partial charge is 0.122 e. The van der Waals surface area contributed by atoms with Crippen molar-refractivity contribution in [1.82, 2.24) is 0 Å². The second-order valence-electron chi connectivity index (χ2n) is 5.87. The summed E-state index contributed by atoms with van der Waals surface area (Å²) in [6.07, 6.45) is 9.46. The highest BCUT2D eigenvalue weighted by Crippen LogP contribution is 2.40. The van der Waals surface area contributed by atoms with Gasteiger partial charge in [0, 0.05) is 0 Å². The minimum Gasteiger partial charge on any atom is -0.493 e. The Kier molecular flexibility index (Phi) is 3.58. The first kappa shape index (κ1) is 12.1. The van der Waals surface area contributed by atoms with Crippen molar-refractivity contribution in [1.29, 1.82) is 0 Å². The van der Waals surface area contributed by atoms with Crippen LogP contribution in [-0.2, 0) is 0 Å². The lowest BCUT2D eigenvalue weighted by Crippen LogP contribution is -2.14. The van der Waals surface area contributed by atoms with Gasteiger partial charge in [-0.05, 0) is 54.7 Å². The van der Waals surface area contributed by atoms with Gasteiger partial charge < -0.3 is 4.74 Å². The summed E-state index contributed by atoms with van der Waals surface area (Å²) in [6.45, 7) is 3.20. The van der Waals surface area contributed by atoms with Gasteiger partial charge in [0.2, 0.25) is 0 Å². The molecule has 3 rings (SSSR count). The molecule has 1 heteroatoms. The molecule has 2 aliphatic rings. The first-order chi connectivity index (χ1) is 8.88. The summed E-state index contributed by atoms with van der Waals surface area (Å²) in [4.78, 5) is 0. The van der Waals surface area contributed by atoms with E-state index in [0.717, 1.165) is 24.2 Å². The van der Waals surface area contributed by atoms with Crippen LogP contribution in [-0.4, -0.2) is 6.61 Å². The molecule has 0 aromatic heterocycles. The third-order valence-corrected chi connectivity index (χ3v) is 4.77. The Morgan fingerprint density at radius 2 is 1.94 bits per heavy atom. The molecule has 0 bridgehead atoms. The molecule has 1 unspecified atom stereocenters. The molecule has 0 saturated heterocycles. The third-order valence-electron chi connectivity index (χ3n) is 4.77. The van der Waals surface area contributed by atoms with E-state index >= 15 is 0 Å². The van der Waals surface area contributed by atoms with E-state index in [-0.39, 0.29) is 0 Å². The maximum Gasteiger partial charge on any atom is 0.122 e. The summed E-state index contributed by atoms with van der Waals surface area (Å²) in [7, 11) is 0. The van der Waals surface area contributed by atoms with Gasteiger partial charge in [0.25, 0.3) is 0 Å². The summed E-state index contributed by atoms with van der Waals surface area (Å²) < 4.78 is 5.80. The molecule has 1 aromatic rings. The number of hydrogen-bond acceptors (Lipinski definition) is 1. The molecule has 1 nitrogen and oxygen atoms in total. The molecule has 1 aromatic carbocycles. The molecule has 1 atom stereocenters. The normalized spacial score (nSPS) is 24.4. The van der Waals surface area contributed by atoms with Crippen molar-refractivity contribution in [3.05, 3.63) is 29.3 Å². The van der Waals surface area contributed by atoms with Crippen LogP contribution in [0.2, 0.25) is 0 Å². The van der Waals surface area contributed by atoms with Gasteiger partial charge in [-0.2, -0.15) is 0 Å². The molecule has 98 valence electrons. The maximum atomic E-state index is 5.80. The Morgan fingerprint density at radius 3 is 2.72 bits per heavy atom. The zero-order valence-electron chi connectivity index (χ0n) is 11.5. The lowest BCUT2D eigenvalue weighted by molar-refractivity contribution is 0.265. The van der Waals surface area contributed by atoms with E-state index < -0.39 is 0 Å². The van der Waals surface area contributed by atoms with Crippen LogP contribution >= 0.6 is 0 Å². The Balaban J connectivity index is 1.88.